The largest absolute Gasteiger partial charge is 0.490 e. The van der Waals surface area contributed by atoms with Gasteiger partial charge in [-0.05, 0) is 73.5 Å². The second kappa shape index (κ2) is 16.6. The normalized spacial score (nSPS) is 10.8. The van der Waals surface area contributed by atoms with Gasteiger partial charge in [0.25, 0.3) is 11.8 Å². The highest BCUT2D eigenvalue weighted by Gasteiger charge is 2.15. The Morgan fingerprint density at radius 1 is 0.756 bits per heavy atom. The molecule has 0 saturated carbocycles. The van der Waals surface area contributed by atoms with E-state index in [1.165, 1.54) is 12.3 Å². The number of carbonyl (C=O) groups is 2. The average Bonchev–Trinajstić information content (AvgIpc) is 3.02. The number of nitrogens with one attached hydrogen (secondary N) is 2. The first-order chi connectivity index (χ1) is 21.8. The summed E-state index contributed by atoms with van der Waals surface area (Å²) in [6.07, 6.45) is 1.41. The third-order valence-electron chi connectivity index (χ3n) is 6.01. The van der Waals surface area contributed by atoms with Gasteiger partial charge in [0.15, 0.2) is 29.6 Å². The SMILES string of the molecule is CCOc1cc(C(=O)N/N=C/c2cc(Cl)c(OCC(=O)Nc3ccc(Cl)c(Cl)c3)c(OCC)c2)ccc1OCc1ccccc1. The van der Waals surface area contributed by atoms with Crippen LogP contribution >= 0.6 is 34.8 Å². The Bertz CT molecular complexity index is 1670. The molecule has 4 rings (SSSR count). The lowest BCUT2D eigenvalue weighted by molar-refractivity contribution is -0.118. The van der Waals surface area contributed by atoms with E-state index in [-0.39, 0.29) is 17.4 Å². The van der Waals surface area contributed by atoms with Crippen molar-refractivity contribution in [1.29, 1.82) is 0 Å². The van der Waals surface area contributed by atoms with Crippen molar-refractivity contribution in [2.45, 2.75) is 20.5 Å². The molecule has 4 aromatic rings. The van der Waals surface area contributed by atoms with Crippen LogP contribution in [0.1, 0.15) is 35.3 Å². The van der Waals surface area contributed by atoms with Crippen LogP contribution in [0.3, 0.4) is 0 Å². The molecule has 4 aromatic carbocycles. The molecule has 0 saturated heterocycles. The molecular formula is C33H30Cl3N3O6. The first-order valence-electron chi connectivity index (χ1n) is 13.9. The number of amides is 2. The maximum absolute atomic E-state index is 12.8. The Kier molecular flexibility index (Phi) is 12.3. The summed E-state index contributed by atoms with van der Waals surface area (Å²) in [7, 11) is 0. The molecule has 0 spiro atoms. The predicted molar refractivity (Wildman–Crippen MR) is 177 cm³/mol. The molecule has 9 nitrogen and oxygen atoms in total. The molecular weight excluding hydrogens is 641 g/mol. The van der Waals surface area contributed by atoms with E-state index in [9.17, 15) is 9.59 Å². The van der Waals surface area contributed by atoms with Gasteiger partial charge in [0.2, 0.25) is 0 Å². The highest BCUT2D eigenvalue weighted by Crippen LogP contribution is 2.36. The first-order valence-corrected chi connectivity index (χ1v) is 15.0. The highest BCUT2D eigenvalue weighted by molar-refractivity contribution is 6.42. The van der Waals surface area contributed by atoms with E-state index in [1.807, 2.05) is 37.3 Å². The summed E-state index contributed by atoms with van der Waals surface area (Å²) in [6.45, 7) is 4.37. The Morgan fingerprint density at radius 2 is 1.51 bits per heavy atom. The Hall–Kier alpha value is -4.44. The fraction of sp³-hybridized carbons (Fsp3) is 0.182. The van der Waals surface area contributed by atoms with Gasteiger partial charge in [-0.3, -0.25) is 9.59 Å². The number of nitrogens with zero attached hydrogens (tertiary/aromatic N) is 1. The first kappa shape index (κ1) is 33.5. The van der Waals surface area contributed by atoms with Crippen molar-refractivity contribution >= 4 is 58.5 Å². The van der Waals surface area contributed by atoms with Gasteiger partial charge < -0.3 is 24.3 Å². The quantitative estimate of drug-likeness (QED) is 0.105. The second-order valence-electron chi connectivity index (χ2n) is 9.30. The molecule has 0 aliphatic rings. The molecule has 0 bridgehead atoms. The number of hydrogen-bond acceptors (Lipinski definition) is 7. The Labute approximate surface area is 276 Å². The van der Waals surface area contributed by atoms with Crippen LogP contribution in [0.2, 0.25) is 15.1 Å². The monoisotopic (exact) mass is 669 g/mol. The summed E-state index contributed by atoms with van der Waals surface area (Å²) >= 11 is 18.4. The molecule has 0 aliphatic heterocycles. The zero-order chi connectivity index (χ0) is 32.2. The van der Waals surface area contributed by atoms with Gasteiger partial charge in [-0.1, -0.05) is 65.1 Å². The van der Waals surface area contributed by atoms with Crippen molar-refractivity contribution in [2.75, 3.05) is 25.1 Å². The molecule has 2 amide bonds. The third kappa shape index (κ3) is 9.78. The van der Waals surface area contributed by atoms with Crippen molar-refractivity contribution in [1.82, 2.24) is 5.43 Å². The summed E-state index contributed by atoms with van der Waals surface area (Å²) in [5.74, 6) is 0.552. The van der Waals surface area contributed by atoms with Crippen LogP contribution in [0, 0.1) is 0 Å². The fourth-order valence-corrected chi connectivity index (χ4v) is 4.55. The highest BCUT2D eigenvalue weighted by atomic mass is 35.5. The molecule has 0 fully saturated rings. The summed E-state index contributed by atoms with van der Waals surface area (Å²) in [6, 6.07) is 22.6. The molecule has 0 heterocycles. The van der Waals surface area contributed by atoms with Crippen LogP contribution in [0.4, 0.5) is 5.69 Å². The van der Waals surface area contributed by atoms with Crippen LogP contribution in [0.15, 0.2) is 84.0 Å². The Balaban J connectivity index is 1.39. The zero-order valence-corrected chi connectivity index (χ0v) is 26.7. The number of halogens is 3. The van der Waals surface area contributed by atoms with Crippen molar-refractivity contribution in [3.63, 3.8) is 0 Å². The van der Waals surface area contributed by atoms with Gasteiger partial charge in [0, 0.05) is 11.3 Å². The number of carbonyl (C=O) groups excluding carboxylic acids is 2. The average molecular weight is 671 g/mol. The molecule has 0 unspecified atom stereocenters. The standard InChI is InChI=1S/C33H30Cl3N3O6/c1-3-42-29-16-23(10-13-28(29)44-19-21-8-6-5-7-9-21)33(41)39-37-18-22-14-27(36)32(30(15-22)43-4-2)45-20-31(40)38-24-11-12-25(34)26(35)17-24/h5-18H,3-4,19-20H2,1-2H3,(H,38,40)(H,39,41)/b37-18+. The molecule has 45 heavy (non-hydrogen) atoms. The topological polar surface area (TPSA) is 107 Å². The van der Waals surface area contributed by atoms with Crippen LogP contribution in [-0.4, -0.2) is 37.8 Å². The van der Waals surface area contributed by atoms with E-state index in [0.29, 0.717) is 63.9 Å². The summed E-state index contributed by atoms with van der Waals surface area (Å²) in [4.78, 5) is 25.3. The summed E-state index contributed by atoms with van der Waals surface area (Å²) < 4.78 is 23.0. The lowest BCUT2D eigenvalue weighted by Gasteiger charge is -2.14. The molecule has 2 N–H and O–H groups in total. The zero-order valence-electron chi connectivity index (χ0n) is 24.4. The van der Waals surface area contributed by atoms with Gasteiger partial charge in [0.05, 0.1) is 34.5 Å². The second-order valence-corrected chi connectivity index (χ2v) is 10.5. The minimum Gasteiger partial charge on any atom is -0.490 e. The number of ether oxygens (including phenoxy) is 4. The molecule has 0 radical (unpaired) electrons. The van der Waals surface area contributed by atoms with E-state index < -0.39 is 11.8 Å². The van der Waals surface area contributed by atoms with Crippen molar-refractivity contribution in [3.8, 4) is 23.0 Å². The van der Waals surface area contributed by atoms with Gasteiger partial charge in [-0.25, -0.2) is 5.43 Å². The maximum Gasteiger partial charge on any atom is 0.271 e. The minimum atomic E-state index is -0.453. The van der Waals surface area contributed by atoms with Crippen LogP contribution in [0.5, 0.6) is 23.0 Å². The number of anilines is 1. The van der Waals surface area contributed by atoms with Crippen LogP contribution in [0.25, 0.3) is 0 Å². The van der Waals surface area contributed by atoms with Crippen molar-refractivity contribution in [2.24, 2.45) is 5.10 Å². The molecule has 0 aromatic heterocycles. The van der Waals surface area contributed by atoms with Gasteiger partial charge in [0.1, 0.15) is 6.61 Å². The molecule has 234 valence electrons. The maximum atomic E-state index is 12.8. The van der Waals surface area contributed by atoms with Crippen molar-refractivity contribution < 1.29 is 28.5 Å². The van der Waals surface area contributed by atoms with E-state index in [1.54, 1.807) is 49.4 Å². The predicted octanol–water partition coefficient (Wildman–Crippen LogP) is 7.80. The van der Waals surface area contributed by atoms with Crippen LogP contribution < -0.4 is 29.7 Å². The molecule has 0 atom stereocenters. The lowest BCUT2D eigenvalue weighted by atomic mass is 10.2. The van der Waals surface area contributed by atoms with E-state index in [2.05, 4.69) is 15.8 Å². The van der Waals surface area contributed by atoms with E-state index >= 15 is 0 Å². The fourth-order valence-electron chi connectivity index (χ4n) is 3.98. The number of rotatable bonds is 14. The lowest BCUT2D eigenvalue weighted by Crippen LogP contribution is -2.20. The summed E-state index contributed by atoms with van der Waals surface area (Å²) in [5.41, 5.74) is 4.83. The van der Waals surface area contributed by atoms with E-state index in [4.69, 9.17) is 53.8 Å². The van der Waals surface area contributed by atoms with Gasteiger partial charge >= 0.3 is 0 Å². The number of benzene rings is 4. The molecule has 12 heteroatoms. The summed E-state index contributed by atoms with van der Waals surface area (Å²) in [5, 5.41) is 7.60. The number of hydrogen-bond donors (Lipinski definition) is 2. The smallest absolute Gasteiger partial charge is 0.271 e. The third-order valence-corrected chi connectivity index (χ3v) is 7.03. The van der Waals surface area contributed by atoms with Crippen LogP contribution in [-0.2, 0) is 11.4 Å². The molecule has 0 aliphatic carbocycles. The van der Waals surface area contributed by atoms with Gasteiger partial charge in [-0.2, -0.15) is 5.10 Å². The minimum absolute atomic E-state index is 0.182. The Morgan fingerprint density at radius 3 is 2.24 bits per heavy atom. The number of hydrazone groups is 1. The van der Waals surface area contributed by atoms with E-state index in [0.717, 1.165) is 5.56 Å². The van der Waals surface area contributed by atoms with Crippen molar-refractivity contribution in [3.05, 3.63) is 111 Å². The van der Waals surface area contributed by atoms with Gasteiger partial charge in [-0.15, -0.1) is 0 Å².